The number of fused-ring (bicyclic) bond motifs is 1. The van der Waals surface area contributed by atoms with Gasteiger partial charge in [0.2, 0.25) is 21.7 Å². The molecule has 0 saturated carbocycles. The zero-order chi connectivity index (χ0) is 21.3. The SMILES string of the molecule is O=S(=O)(c1ccc(Cc2nc(-c3ccc4nccnc4c3)no2)cc1)N1CCCCC1. The maximum absolute atomic E-state index is 12.8. The molecule has 0 spiro atoms. The van der Waals surface area contributed by atoms with Gasteiger partial charge in [-0.15, -0.1) is 0 Å². The summed E-state index contributed by atoms with van der Waals surface area (Å²) in [6, 6.07) is 12.5. The molecule has 1 aliphatic heterocycles. The van der Waals surface area contributed by atoms with Crippen molar-refractivity contribution in [3.8, 4) is 11.4 Å². The van der Waals surface area contributed by atoms with Crippen molar-refractivity contribution in [3.63, 3.8) is 0 Å². The van der Waals surface area contributed by atoms with Crippen LogP contribution in [0, 0.1) is 0 Å². The molecule has 1 saturated heterocycles. The summed E-state index contributed by atoms with van der Waals surface area (Å²) in [6.45, 7) is 1.18. The second-order valence-electron chi connectivity index (χ2n) is 7.56. The standard InChI is InChI=1S/C22H21N5O3S/c28-31(29,27-12-2-1-3-13-27)18-7-4-16(5-8-18)14-21-25-22(26-30-21)17-6-9-19-20(15-17)24-11-10-23-19/h4-11,15H,1-3,12-14H2. The largest absolute Gasteiger partial charge is 0.339 e. The Morgan fingerprint density at radius 2 is 1.65 bits per heavy atom. The minimum atomic E-state index is -3.43. The highest BCUT2D eigenvalue weighted by atomic mass is 32.2. The summed E-state index contributed by atoms with van der Waals surface area (Å²) >= 11 is 0. The van der Waals surface area contributed by atoms with Gasteiger partial charge in [0.1, 0.15) is 0 Å². The second kappa shape index (κ2) is 8.16. The van der Waals surface area contributed by atoms with Crippen LogP contribution in [0.2, 0.25) is 0 Å². The van der Waals surface area contributed by atoms with Crippen molar-refractivity contribution in [2.75, 3.05) is 13.1 Å². The number of nitrogens with zero attached hydrogens (tertiary/aromatic N) is 5. The van der Waals surface area contributed by atoms with Gasteiger partial charge in [0.15, 0.2) is 0 Å². The molecule has 0 bridgehead atoms. The Labute approximate surface area is 180 Å². The molecule has 0 radical (unpaired) electrons. The quantitative estimate of drug-likeness (QED) is 0.473. The second-order valence-corrected chi connectivity index (χ2v) is 9.49. The van der Waals surface area contributed by atoms with E-state index in [2.05, 4.69) is 20.1 Å². The lowest BCUT2D eigenvalue weighted by atomic mass is 10.1. The summed E-state index contributed by atoms with van der Waals surface area (Å²) in [5, 5.41) is 4.07. The first-order valence-electron chi connectivity index (χ1n) is 10.2. The summed E-state index contributed by atoms with van der Waals surface area (Å²) < 4.78 is 32.5. The van der Waals surface area contributed by atoms with E-state index in [4.69, 9.17) is 4.52 Å². The van der Waals surface area contributed by atoms with Crippen LogP contribution in [0.1, 0.15) is 30.7 Å². The lowest BCUT2D eigenvalue weighted by Crippen LogP contribution is -2.35. The van der Waals surface area contributed by atoms with Gasteiger partial charge in [0.25, 0.3) is 0 Å². The molecule has 2 aromatic carbocycles. The van der Waals surface area contributed by atoms with Crippen LogP contribution in [-0.2, 0) is 16.4 Å². The number of hydrogen-bond acceptors (Lipinski definition) is 7. The van der Waals surface area contributed by atoms with Gasteiger partial charge in [-0.25, -0.2) is 8.42 Å². The molecule has 0 unspecified atom stereocenters. The third kappa shape index (κ3) is 4.06. The van der Waals surface area contributed by atoms with Gasteiger partial charge in [0.05, 0.1) is 22.3 Å². The average molecular weight is 436 g/mol. The van der Waals surface area contributed by atoms with Crippen molar-refractivity contribution in [1.29, 1.82) is 0 Å². The summed E-state index contributed by atoms with van der Waals surface area (Å²) in [5.41, 5.74) is 3.26. The van der Waals surface area contributed by atoms with E-state index in [1.54, 1.807) is 41.0 Å². The maximum atomic E-state index is 12.8. The van der Waals surface area contributed by atoms with Crippen LogP contribution < -0.4 is 0 Å². The number of piperidine rings is 1. The topological polar surface area (TPSA) is 102 Å². The first-order chi connectivity index (χ1) is 15.1. The minimum Gasteiger partial charge on any atom is -0.339 e. The zero-order valence-corrected chi connectivity index (χ0v) is 17.6. The Bertz CT molecular complexity index is 1310. The minimum absolute atomic E-state index is 0.321. The van der Waals surface area contributed by atoms with Crippen LogP contribution in [-0.4, -0.2) is 45.9 Å². The van der Waals surface area contributed by atoms with Crippen LogP contribution in [0.25, 0.3) is 22.4 Å². The van der Waals surface area contributed by atoms with Crippen molar-refractivity contribution in [1.82, 2.24) is 24.4 Å². The van der Waals surface area contributed by atoms with Gasteiger partial charge >= 0.3 is 0 Å². The van der Waals surface area contributed by atoms with Crippen LogP contribution in [0.5, 0.6) is 0 Å². The predicted octanol–water partition coefficient (Wildman–Crippen LogP) is 3.45. The lowest BCUT2D eigenvalue weighted by Gasteiger charge is -2.25. The molecule has 9 heteroatoms. The van der Waals surface area contributed by atoms with Crippen LogP contribution in [0.3, 0.4) is 0 Å². The molecule has 0 aliphatic carbocycles. The number of aromatic nitrogens is 4. The van der Waals surface area contributed by atoms with Gasteiger partial charge in [-0.05, 0) is 48.7 Å². The summed E-state index contributed by atoms with van der Waals surface area (Å²) in [7, 11) is -3.43. The Balaban J connectivity index is 1.32. The fraction of sp³-hybridized carbons (Fsp3) is 0.273. The lowest BCUT2D eigenvalue weighted by molar-refractivity contribution is 0.346. The van der Waals surface area contributed by atoms with E-state index in [-0.39, 0.29) is 0 Å². The number of sulfonamides is 1. The Morgan fingerprint density at radius 3 is 2.42 bits per heavy atom. The zero-order valence-electron chi connectivity index (χ0n) is 16.8. The van der Waals surface area contributed by atoms with E-state index in [1.165, 1.54) is 0 Å². The van der Waals surface area contributed by atoms with Crippen LogP contribution in [0.15, 0.2) is 64.3 Å². The van der Waals surface area contributed by atoms with Gasteiger partial charge < -0.3 is 4.52 Å². The van der Waals surface area contributed by atoms with Crippen molar-refractivity contribution < 1.29 is 12.9 Å². The summed E-state index contributed by atoms with van der Waals surface area (Å²) in [5.74, 6) is 0.938. The number of rotatable bonds is 5. The number of benzene rings is 2. The summed E-state index contributed by atoms with van der Waals surface area (Å²) in [6.07, 6.45) is 6.63. The first kappa shape index (κ1) is 19.8. The molecule has 0 atom stereocenters. The van der Waals surface area contributed by atoms with E-state index in [1.807, 2.05) is 18.2 Å². The van der Waals surface area contributed by atoms with Crippen LogP contribution in [0.4, 0.5) is 0 Å². The molecular weight excluding hydrogens is 414 g/mol. The van der Waals surface area contributed by atoms with Gasteiger partial charge in [0, 0.05) is 31.0 Å². The molecule has 158 valence electrons. The van der Waals surface area contributed by atoms with E-state index >= 15 is 0 Å². The van der Waals surface area contributed by atoms with E-state index in [9.17, 15) is 8.42 Å². The maximum Gasteiger partial charge on any atom is 0.243 e. The van der Waals surface area contributed by atoms with E-state index < -0.39 is 10.0 Å². The number of hydrogen-bond donors (Lipinski definition) is 0. The molecule has 0 amide bonds. The van der Waals surface area contributed by atoms with Crippen molar-refractivity contribution in [2.45, 2.75) is 30.6 Å². The van der Waals surface area contributed by atoms with Crippen molar-refractivity contribution in [3.05, 3.63) is 66.3 Å². The highest BCUT2D eigenvalue weighted by Crippen LogP contribution is 2.23. The monoisotopic (exact) mass is 435 g/mol. The Morgan fingerprint density at radius 1 is 0.903 bits per heavy atom. The van der Waals surface area contributed by atoms with E-state index in [0.717, 1.165) is 41.4 Å². The van der Waals surface area contributed by atoms with Crippen LogP contribution >= 0.6 is 0 Å². The highest BCUT2D eigenvalue weighted by molar-refractivity contribution is 7.89. The highest BCUT2D eigenvalue weighted by Gasteiger charge is 2.25. The van der Waals surface area contributed by atoms with Crippen molar-refractivity contribution >= 4 is 21.1 Å². The normalized spacial score (nSPS) is 15.4. The smallest absolute Gasteiger partial charge is 0.243 e. The van der Waals surface area contributed by atoms with Gasteiger partial charge in [-0.3, -0.25) is 9.97 Å². The molecule has 5 rings (SSSR count). The van der Waals surface area contributed by atoms with Gasteiger partial charge in [-0.1, -0.05) is 23.7 Å². The fourth-order valence-electron chi connectivity index (χ4n) is 3.75. The molecular formula is C22H21N5O3S. The summed E-state index contributed by atoms with van der Waals surface area (Å²) in [4.78, 5) is 13.4. The molecule has 31 heavy (non-hydrogen) atoms. The Hall–Kier alpha value is -3.17. The molecule has 1 fully saturated rings. The van der Waals surface area contributed by atoms with Gasteiger partial charge in [-0.2, -0.15) is 9.29 Å². The fourth-order valence-corrected chi connectivity index (χ4v) is 5.27. The van der Waals surface area contributed by atoms with Crippen molar-refractivity contribution in [2.24, 2.45) is 0 Å². The molecule has 0 N–H and O–H groups in total. The predicted molar refractivity (Wildman–Crippen MR) is 115 cm³/mol. The molecule has 1 aliphatic rings. The van der Waals surface area contributed by atoms with E-state index in [0.29, 0.717) is 36.1 Å². The molecule has 4 aromatic rings. The average Bonchev–Trinajstić information content (AvgIpc) is 3.28. The molecule has 8 nitrogen and oxygen atoms in total. The third-order valence-electron chi connectivity index (χ3n) is 5.43. The molecule has 2 aromatic heterocycles. The first-order valence-corrected chi connectivity index (χ1v) is 11.7. The molecule has 3 heterocycles. The Kier molecular flexibility index (Phi) is 5.21. The third-order valence-corrected chi connectivity index (χ3v) is 7.34.